The number of thioether (sulfide) groups is 1. The van der Waals surface area contributed by atoms with E-state index >= 15 is 0 Å². The first kappa shape index (κ1) is 10.5. The van der Waals surface area contributed by atoms with Gasteiger partial charge in [-0.15, -0.1) is 0 Å². The number of nitrogens with zero attached hydrogens (tertiary/aromatic N) is 2. The monoisotopic (exact) mass is 224 g/mol. The van der Waals surface area contributed by atoms with Crippen LogP contribution < -0.4 is 10.6 Å². The van der Waals surface area contributed by atoms with Gasteiger partial charge in [0.1, 0.15) is 18.0 Å². The Hall–Kier alpha value is -0.970. The Labute approximate surface area is 94.3 Å². The Morgan fingerprint density at radius 2 is 2.33 bits per heavy atom. The molecule has 0 aromatic carbocycles. The summed E-state index contributed by atoms with van der Waals surface area (Å²) < 4.78 is 0. The summed E-state index contributed by atoms with van der Waals surface area (Å²) >= 11 is 2.04. The van der Waals surface area contributed by atoms with Crippen molar-refractivity contribution in [3.05, 3.63) is 12.4 Å². The fraction of sp³-hybridized carbons (Fsp3) is 0.600. The molecule has 0 amide bonds. The molecule has 1 aliphatic heterocycles. The molecule has 0 bridgehead atoms. The molecule has 1 fully saturated rings. The predicted molar refractivity (Wildman–Crippen MR) is 65.5 cm³/mol. The first-order chi connectivity index (χ1) is 7.38. The van der Waals surface area contributed by atoms with Gasteiger partial charge in [0.2, 0.25) is 0 Å². The molecule has 2 heterocycles. The van der Waals surface area contributed by atoms with E-state index in [1.165, 1.54) is 17.9 Å². The van der Waals surface area contributed by atoms with Gasteiger partial charge >= 0.3 is 0 Å². The number of hydrogen-bond donors (Lipinski definition) is 2. The zero-order chi connectivity index (χ0) is 10.5. The third-order valence-electron chi connectivity index (χ3n) is 2.52. The average Bonchev–Trinajstić information content (AvgIpc) is 2.79. The van der Waals surface area contributed by atoms with E-state index in [1.54, 1.807) is 6.33 Å². The van der Waals surface area contributed by atoms with Gasteiger partial charge in [-0.3, -0.25) is 0 Å². The summed E-state index contributed by atoms with van der Waals surface area (Å²) in [7, 11) is 1.86. The zero-order valence-electron chi connectivity index (χ0n) is 8.86. The minimum Gasteiger partial charge on any atom is -0.373 e. The molecule has 1 aromatic rings. The van der Waals surface area contributed by atoms with Crippen molar-refractivity contribution in [2.45, 2.75) is 6.42 Å². The van der Waals surface area contributed by atoms with Gasteiger partial charge in [-0.2, -0.15) is 11.8 Å². The van der Waals surface area contributed by atoms with Crippen LogP contribution in [0.25, 0.3) is 0 Å². The van der Waals surface area contributed by atoms with Crippen LogP contribution in [0.4, 0.5) is 11.6 Å². The lowest BCUT2D eigenvalue weighted by Gasteiger charge is -2.10. The van der Waals surface area contributed by atoms with Crippen molar-refractivity contribution < 1.29 is 0 Å². The van der Waals surface area contributed by atoms with Gasteiger partial charge < -0.3 is 10.6 Å². The molecule has 1 atom stereocenters. The molecule has 0 radical (unpaired) electrons. The van der Waals surface area contributed by atoms with Crippen LogP contribution in [0.5, 0.6) is 0 Å². The molecule has 2 rings (SSSR count). The van der Waals surface area contributed by atoms with Gasteiger partial charge in [-0.1, -0.05) is 0 Å². The summed E-state index contributed by atoms with van der Waals surface area (Å²) in [6.45, 7) is 1.02. The molecular formula is C10H16N4S. The molecule has 0 spiro atoms. The van der Waals surface area contributed by atoms with Gasteiger partial charge in [0.15, 0.2) is 0 Å². The Morgan fingerprint density at radius 1 is 1.47 bits per heavy atom. The molecule has 1 unspecified atom stereocenters. The number of anilines is 2. The molecule has 1 aromatic heterocycles. The van der Waals surface area contributed by atoms with E-state index in [4.69, 9.17) is 0 Å². The fourth-order valence-corrected chi connectivity index (χ4v) is 2.87. The van der Waals surface area contributed by atoms with Crippen molar-refractivity contribution in [2.75, 3.05) is 35.7 Å². The lowest BCUT2D eigenvalue weighted by Crippen LogP contribution is -2.14. The van der Waals surface area contributed by atoms with Crippen LogP contribution in [0.1, 0.15) is 6.42 Å². The molecule has 2 N–H and O–H groups in total. The minimum atomic E-state index is 0.794. The highest BCUT2D eigenvalue weighted by atomic mass is 32.2. The van der Waals surface area contributed by atoms with Crippen molar-refractivity contribution in [1.29, 1.82) is 0 Å². The fourth-order valence-electron chi connectivity index (χ4n) is 1.58. The Kier molecular flexibility index (Phi) is 3.66. The number of hydrogen-bond acceptors (Lipinski definition) is 5. The summed E-state index contributed by atoms with van der Waals surface area (Å²) in [4.78, 5) is 8.25. The van der Waals surface area contributed by atoms with Crippen LogP contribution in [0.15, 0.2) is 12.4 Å². The van der Waals surface area contributed by atoms with Crippen molar-refractivity contribution in [2.24, 2.45) is 5.92 Å². The summed E-state index contributed by atoms with van der Waals surface area (Å²) in [6, 6.07) is 1.93. The molecule has 5 heteroatoms. The maximum Gasteiger partial charge on any atom is 0.131 e. The predicted octanol–water partition coefficient (Wildman–Crippen LogP) is 1.68. The normalized spacial score (nSPS) is 20.2. The van der Waals surface area contributed by atoms with Crippen molar-refractivity contribution >= 4 is 23.4 Å². The molecule has 15 heavy (non-hydrogen) atoms. The third kappa shape index (κ3) is 2.99. The zero-order valence-corrected chi connectivity index (χ0v) is 9.68. The van der Waals surface area contributed by atoms with Crippen LogP contribution in [-0.4, -0.2) is 35.1 Å². The lowest BCUT2D eigenvalue weighted by molar-refractivity contribution is 0.630. The number of nitrogens with one attached hydrogen (secondary N) is 2. The first-order valence-corrected chi connectivity index (χ1v) is 6.35. The molecule has 82 valence electrons. The van der Waals surface area contributed by atoms with Gasteiger partial charge in [0, 0.05) is 19.7 Å². The van der Waals surface area contributed by atoms with Crippen LogP contribution in [-0.2, 0) is 0 Å². The van der Waals surface area contributed by atoms with Crippen LogP contribution >= 0.6 is 11.8 Å². The van der Waals surface area contributed by atoms with E-state index in [1.807, 2.05) is 24.9 Å². The lowest BCUT2D eigenvalue weighted by atomic mass is 10.1. The van der Waals surface area contributed by atoms with E-state index in [0.29, 0.717) is 0 Å². The Balaban J connectivity index is 1.86. The molecule has 0 aliphatic carbocycles. The highest BCUT2D eigenvalue weighted by Gasteiger charge is 2.14. The van der Waals surface area contributed by atoms with E-state index in [-0.39, 0.29) is 0 Å². The minimum absolute atomic E-state index is 0.794. The summed E-state index contributed by atoms with van der Waals surface area (Å²) in [6.07, 6.45) is 2.90. The van der Waals surface area contributed by atoms with Crippen LogP contribution in [0.2, 0.25) is 0 Å². The van der Waals surface area contributed by atoms with E-state index in [2.05, 4.69) is 20.6 Å². The SMILES string of the molecule is CNc1cc(NCC2CCSC2)ncn1. The standard InChI is InChI=1S/C10H16N4S/c1-11-9-4-10(14-7-13-9)12-5-8-2-3-15-6-8/h4,7-8H,2-3,5-6H2,1H3,(H2,11,12,13,14). The van der Waals surface area contributed by atoms with Gasteiger partial charge in [-0.05, 0) is 23.8 Å². The third-order valence-corrected chi connectivity index (χ3v) is 3.75. The molecule has 1 aliphatic rings. The second-order valence-corrected chi connectivity index (χ2v) is 4.80. The Bertz CT molecular complexity index is 312. The average molecular weight is 224 g/mol. The second-order valence-electron chi connectivity index (χ2n) is 3.65. The number of rotatable bonds is 4. The second kappa shape index (κ2) is 5.21. The highest BCUT2D eigenvalue weighted by Crippen LogP contribution is 2.23. The smallest absolute Gasteiger partial charge is 0.131 e. The van der Waals surface area contributed by atoms with Crippen molar-refractivity contribution in [3.63, 3.8) is 0 Å². The highest BCUT2D eigenvalue weighted by molar-refractivity contribution is 7.99. The van der Waals surface area contributed by atoms with Gasteiger partial charge in [0.05, 0.1) is 0 Å². The van der Waals surface area contributed by atoms with Crippen molar-refractivity contribution in [1.82, 2.24) is 9.97 Å². The molecule has 4 nitrogen and oxygen atoms in total. The Morgan fingerprint density at radius 3 is 3.07 bits per heavy atom. The van der Waals surface area contributed by atoms with E-state index < -0.39 is 0 Å². The molecular weight excluding hydrogens is 208 g/mol. The van der Waals surface area contributed by atoms with Crippen molar-refractivity contribution in [3.8, 4) is 0 Å². The summed E-state index contributed by atoms with van der Waals surface area (Å²) in [5.74, 6) is 5.14. The molecule has 1 saturated heterocycles. The topological polar surface area (TPSA) is 49.8 Å². The van der Waals surface area contributed by atoms with Gasteiger partial charge in [-0.25, -0.2) is 9.97 Å². The maximum atomic E-state index is 4.18. The maximum absolute atomic E-state index is 4.18. The van der Waals surface area contributed by atoms with Crippen LogP contribution in [0.3, 0.4) is 0 Å². The quantitative estimate of drug-likeness (QED) is 0.815. The van der Waals surface area contributed by atoms with Crippen LogP contribution in [0, 0.1) is 5.92 Å². The summed E-state index contributed by atoms with van der Waals surface area (Å²) in [5.41, 5.74) is 0. The number of aromatic nitrogens is 2. The van der Waals surface area contributed by atoms with E-state index in [9.17, 15) is 0 Å². The van der Waals surface area contributed by atoms with E-state index in [0.717, 1.165) is 24.1 Å². The largest absolute Gasteiger partial charge is 0.373 e. The first-order valence-electron chi connectivity index (χ1n) is 5.20. The van der Waals surface area contributed by atoms with Gasteiger partial charge in [0.25, 0.3) is 0 Å². The molecule has 0 saturated carbocycles. The summed E-state index contributed by atoms with van der Waals surface area (Å²) in [5, 5.41) is 6.36.